The second-order valence-electron chi connectivity index (χ2n) is 6.27. The van der Waals surface area contributed by atoms with E-state index in [9.17, 15) is 14.3 Å². The molecule has 0 aliphatic heterocycles. The Bertz CT molecular complexity index is 650. The smallest absolute Gasteiger partial charge is 0.220 e. The molecule has 3 nitrogen and oxygen atoms in total. The standard InChI is InChI=1S/C20H24FNO2/c1-14(2)16-6-8-17(9-7-16)19(23)13-22-20(24)12-5-15-3-10-18(21)11-4-15/h3-4,6-11,14,19,23H,5,12-13H2,1-2H3,(H,22,24). The molecule has 0 aliphatic carbocycles. The van der Waals surface area contributed by atoms with Gasteiger partial charge in [0.1, 0.15) is 5.82 Å². The minimum absolute atomic E-state index is 0.128. The van der Waals surface area contributed by atoms with Crippen LogP contribution in [0.15, 0.2) is 48.5 Å². The van der Waals surface area contributed by atoms with E-state index in [0.29, 0.717) is 18.8 Å². The monoisotopic (exact) mass is 329 g/mol. The van der Waals surface area contributed by atoms with Crippen LogP contribution < -0.4 is 5.32 Å². The normalized spacial score (nSPS) is 12.2. The van der Waals surface area contributed by atoms with Crippen molar-refractivity contribution in [3.05, 3.63) is 71.0 Å². The molecule has 0 bridgehead atoms. The lowest BCUT2D eigenvalue weighted by atomic mass is 10.00. The third-order valence-electron chi connectivity index (χ3n) is 4.03. The maximum atomic E-state index is 12.8. The number of nitrogens with one attached hydrogen (secondary N) is 1. The molecule has 0 saturated carbocycles. The van der Waals surface area contributed by atoms with Crippen LogP contribution >= 0.6 is 0 Å². The van der Waals surface area contributed by atoms with Crippen LogP contribution in [0.5, 0.6) is 0 Å². The Morgan fingerprint density at radius 3 is 2.21 bits per heavy atom. The van der Waals surface area contributed by atoms with Crippen molar-refractivity contribution in [1.82, 2.24) is 5.32 Å². The molecule has 0 radical (unpaired) electrons. The summed E-state index contributed by atoms with van der Waals surface area (Å²) < 4.78 is 12.8. The van der Waals surface area contributed by atoms with E-state index in [1.165, 1.54) is 17.7 Å². The molecule has 1 unspecified atom stereocenters. The molecular weight excluding hydrogens is 305 g/mol. The second kappa shape index (κ2) is 8.60. The number of carbonyl (C=O) groups is 1. The Labute approximate surface area is 142 Å². The molecule has 0 fully saturated rings. The van der Waals surface area contributed by atoms with Gasteiger partial charge in [0.25, 0.3) is 0 Å². The molecule has 4 heteroatoms. The van der Waals surface area contributed by atoms with E-state index >= 15 is 0 Å². The average Bonchev–Trinajstić information content (AvgIpc) is 2.59. The van der Waals surface area contributed by atoms with E-state index in [2.05, 4.69) is 19.2 Å². The molecule has 0 saturated heterocycles. The fraction of sp³-hybridized carbons (Fsp3) is 0.350. The lowest BCUT2D eigenvalue weighted by molar-refractivity contribution is -0.121. The first-order valence-corrected chi connectivity index (χ1v) is 8.24. The summed E-state index contributed by atoms with van der Waals surface area (Å²) in [7, 11) is 0. The maximum absolute atomic E-state index is 12.8. The molecule has 128 valence electrons. The molecule has 1 atom stereocenters. The molecule has 0 heterocycles. The van der Waals surface area contributed by atoms with Crippen LogP contribution in [0.4, 0.5) is 4.39 Å². The zero-order chi connectivity index (χ0) is 17.5. The van der Waals surface area contributed by atoms with Gasteiger partial charge in [-0.25, -0.2) is 4.39 Å². The van der Waals surface area contributed by atoms with Gasteiger partial charge in [0, 0.05) is 13.0 Å². The number of halogens is 1. The first-order valence-electron chi connectivity index (χ1n) is 8.24. The number of aryl methyl sites for hydroxylation is 1. The summed E-state index contributed by atoms with van der Waals surface area (Å²) in [5.74, 6) is 0.0364. The molecule has 2 aromatic rings. The predicted molar refractivity (Wildman–Crippen MR) is 93.2 cm³/mol. The summed E-state index contributed by atoms with van der Waals surface area (Å²) in [5.41, 5.74) is 2.92. The molecule has 0 aliphatic rings. The Balaban J connectivity index is 1.77. The third-order valence-corrected chi connectivity index (χ3v) is 4.03. The average molecular weight is 329 g/mol. The van der Waals surface area contributed by atoms with Gasteiger partial charge in [0.05, 0.1) is 6.10 Å². The molecule has 0 aromatic heterocycles. The van der Waals surface area contributed by atoms with Crippen molar-refractivity contribution in [2.24, 2.45) is 0 Å². The molecule has 2 rings (SSSR count). The van der Waals surface area contributed by atoms with Gasteiger partial charge in [0.15, 0.2) is 0 Å². The van der Waals surface area contributed by atoms with Crippen molar-refractivity contribution in [2.75, 3.05) is 6.54 Å². The molecular formula is C20H24FNO2. The predicted octanol–water partition coefficient (Wildman–Crippen LogP) is 3.73. The molecule has 0 spiro atoms. The van der Waals surface area contributed by atoms with Gasteiger partial charge >= 0.3 is 0 Å². The Morgan fingerprint density at radius 2 is 1.62 bits per heavy atom. The van der Waals surface area contributed by atoms with Crippen molar-refractivity contribution in [1.29, 1.82) is 0 Å². The SMILES string of the molecule is CC(C)c1ccc(C(O)CNC(=O)CCc2ccc(F)cc2)cc1. The maximum Gasteiger partial charge on any atom is 0.220 e. The van der Waals surface area contributed by atoms with Gasteiger partial charge in [-0.2, -0.15) is 0 Å². The third kappa shape index (κ3) is 5.46. The summed E-state index contributed by atoms with van der Waals surface area (Å²) in [6.45, 7) is 4.42. The lowest BCUT2D eigenvalue weighted by Crippen LogP contribution is -2.28. The minimum Gasteiger partial charge on any atom is -0.387 e. The summed E-state index contributed by atoms with van der Waals surface area (Å²) in [4.78, 5) is 11.9. The van der Waals surface area contributed by atoms with Gasteiger partial charge in [-0.15, -0.1) is 0 Å². The van der Waals surface area contributed by atoms with Crippen LogP contribution in [0.25, 0.3) is 0 Å². The molecule has 2 N–H and O–H groups in total. The van der Waals surface area contributed by atoms with Crippen LogP contribution in [0.3, 0.4) is 0 Å². The Morgan fingerprint density at radius 1 is 1.04 bits per heavy atom. The summed E-state index contributed by atoms with van der Waals surface area (Å²) in [6.07, 6.45) is 0.136. The number of aliphatic hydroxyl groups excluding tert-OH is 1. The van der Waals surface area contributed by atoms with Crippen molar-refractivity contribution in [3.63, 3.8) is 0 Å². The zero-order valence-electron chi connectivity index (χ0n) is 14.1. The number of amides is 1. The van der Waals surface area contributed by atoms with Crippen molar-refractivity contribution in [2.45, 2.75) is 38.7 Å². The number of hydrogen-bond acceptors (Lipinski definition) is 2. The van der Waals surface area contributed by atoms with Gasteiger partial charge < -0.3 is 10.4 Å². The van der Waals surface area contributed by atoms with E-state index < -0.39 is 6.10 Å². The van der Waals surface area contributed by atoms with Crippen LogP contribution in [0, 0.1) is 5.82 Å². The fourth-order valence-electron chi connectivity index (χ4n) is 2.43. The van der Waals surface area contributed by atoms with Gasteiger partial charge in [-0.1, -0.05) is 50.2 Å². The van der Waals surface area contributed by atoms with Crippen molar-refractivity contribution >= 4 is 5.91 Å². The molecule has 1 amide bonds. The highest BCUT2D eigenvalue weighted by Gasteiger charge is 2.10. The van der Waals surface area contributed by atoms with E-state index in [4.69, 9.17) is 0 Å². The zero-order valence-corrected chi connectivity index (χ0v) is 14.1. The van der Waals surface area contributed by atoms with E-state index in [1.54, 1.807) is 12.1 Å². The summed E-state index contributed by atoms with van der Waals surface area (Å²) in [6, 6.07) is 13.9. The molecule has 24 heavy (non-hydrogen) atoms. The second-order valence-corrected chi connectivity index (χ2v) is 6.27. The summed E-state index contributed by atoms with van der Waals surface area (Å²) in [5, 5.41) is 12.9. The van der Waals surface area contributed by atoms with Gasteiger partial charge in [-0.3, -0.25) is 4.79 Å². The fourth-order valence-corrected chi connectivity index (χ4v) is 2.43. The minimum atomic E-state index is -0.721. The van der Waals surface area contributed by atoms with Crippen molar-refractivity contribution < 1.29 is 14.3 Å². The van der Waals surface area contributed by atoms with E-state index in [0.717, 1.165) is 11.1 Å². The molecule has 2 aromatic carbocycles. The van der Waals surface area contributed by atoms with Gasteiger partial charge in [-0.05, 0) is 41.2 Å². The number of hydrogen-bond donors (Lipinski definition) is 2. The largest absolute Gasteiger partial charge is 0.387 e. The highest BCUT2D eigenvalue weighted by molar-refractivity contribution is 5.76. The Kier molecular flexibility index (Phi) is 6.50. The first kappa shape index (κ1) is 18.1. The van der Waals surface area contributed by atoms with Crippen LogP contribution in [-0.4, -0.2) is 17.6 Å². The van der Waals surface area contributed by atoms with E-state index in [1.807, 2.05) is 24.3 Å². The van der Waals surface area contributed by atoms with Crippen LogP contribution in [0.2, 0.25) is 0 Å². The number of carbonyl (C=O) groups excluding carboxylic acids is 1. The summed E-state index contributed by atoms with van der Waals surface area (Å²) >= 11 is 0. The van der Waals surface area contributed by atoms with Crippen molar-refractivity contribution in [3.8, 4) is 0 Å². The topological polar surface area (TPSA) is 49.3 Å². The first-order chi connectivity index (χ1) is 11.5. The number of benzene rings is 2. The van der Waals surface area contributed by atoms with Crippen LogP contribution in [-0.2, 0) is 11.2 Å². The van der Waals surface area contributed by atoms with Crippen LogP contribution in [0.1, 0.15) is 49.0 Å². The lowest BCUT2D eigenvalue weighted by Gasteiger charge is -2.14. The van der Waals surface area contributed by atoms with Gasteiger partial charge in [0.2, 0.25) is 5.91 Å². The number of rotatable bonds is 7. The highest BCUT2D eigenvalue weighted by atomic mass is 19.1. The number of aliphatic hydroxyl groups is 1. The van der Waals surface area contributed by atoms with E-state index in [-0.39, 0.29) is 18.3 Å². The Hall–Kier alpha value is -2.20. The quantitative estimate of drug-likeness (QED) is 0.813. The highest BCUT2D eigenvalue weighted by Crippen LogP contribution is 2.18.